The number of nitrogens with one attached hydrogen (secondary N) is 2. The van der Waals surface area contributed by atoms with E-state index < -0.39 is 12.0 Å². The Morgan fingerprint density at radius 3 is 2.33 bits per heavy atom. The standard InChI is InChI=1S/C13H24N2O3/c1-9(2)12(13(17)18)14-8-11(16)15-10-6-4-3-5-7-10/h9-10,12,14H,3-8H2,1-2H3,(H,15,16)(H,17,18). The zero-order valence-electron chi connectivity index (χ0n) is 11.2. The van der Waals surface area contributed by atoms with Crippen molar-refractivity contribution >= 4 is 11.9 Å². The van der Waals surface area contributed by atoms with E-state index in [2.05, 4.69) is 10.6 Å². The van der Waals surface area contributed by atoms with Crippen LogP contribution in [0.1, 0.15) is 46.0 Å². The maximum atomic E-state index is 11.7. The van der Waals surface area contributed by atoms with Crippen LogP contribution in [0.3, 0.4) is 0 Å². The predicted molar refractivity (Wildman–Crippen MR) is 69.3 cm³/mol. The van der Waals surface area contributed by atoms with Gasteiger partial charge in [0.15, 0.2) is 0 Å². The summed E-state index contributed by atoms with van der Waals surface area (Å²) in [5.74, 6) is -1.05. The lowest BCUT2D eigenvalue weighted by Crippen LogP contribution is -2.47. The smallest absolute Gasteiger partial charge is 0.320 e. The Bertz CT molecular complexity index is 286. The third-order valence-electron chi connectivity index (χ3n) is 3.39. The molecule has 0 aromatic heterocycles. The molecule has 1 saturated carbocycles. The van der Waals surface area contributed by atoms with E-state index in [0.717, 1.165) is 12.8 Å². The van der Waals surface area contributed by atoms with Crippen LogP contribution in [0.15, 0.2) is 0 Å². The molecule has 0 bridgehead atoms. The second kappa shape index (κ2) is 7.36. The molecule has 0 radical (unpaired) electrons. The minimum absolute atomic E-state index is 0.0371. The maximum absolute atomic E-state index is 11.7. The zero-order valence-corrected chi connectivity index (χ0v) is 11.2. The highest BCUT2D eigenvalue weighted by atomic mass is 16.4. The molecule has 18 heavy (non-hydrogen) atoms. The molecule has 5 heteroatoms. The zero-order chi connectivity index (χ0) is 13.5. The molecule has 0 aromatic rings. The lowest BCUT2D eigenvalue weighted by molar-refractivity contribution is -0.140. The van der Waals surface area contributed by atoms with Gasteiger partial charge in [-0.05, 0) is 18.8 Å². The summed E-state index contributed by atoms with van der Waals surface area (Å²) in [5.41, 5.74) is 0. The van der Waals surface area contributed by atoms with Crippen LogP contribution in [0.5, 0.6) is 0 Å². The highest BCUT2D eigenvalue weighted by Crippen LogP contribution is 2.17. The third kappa shape index (κ3) is 5.04. The van der Waals surface area contributed by atoms with Crippen molar-refractivity contribution in [3.63, 3.8) is 0 Å². The second-order valence-corrected chi connectivity index (χ2v) is 5.34. The molecule has 0 saturated heterocycles. The van der Waals surface area contributed by atoms with Crippen LogP contribution in [0.2, 0.25) is 0 Å². The average molecular weight is 256 g/mol. The number of rotatable bonds is 6. The normalized spacial score (nSPS) is 18.6. The Morgan fingerprint density at radius 2 is 1.83 bits per heavy atom. The van der Waals surface area contributed by atoms with Gasteiger partial charge in [-0.15, -0.1) is 0 Å². The molecular formula is C13H24N2O3. The van der Waals surface area contributed by atoms with Crippen molar-refractivity contribution < 1.29 is 14.7 Å². The molecule has 0 aliphatic heterocycles. The van der Waals surface area contributed by atoms with Crippen molar-refractivity contribution in [3.05, 3.63) is 0 Å². The molecule has 5 nitrogen and oxygen atoms in total. The number of hydrogen-bond acceptors (Lipinski definition) is 3. The van der Waals surface area contributed by atoms with Crippen molar-refractivity contribution in [3.8, 4) is 0 Å². The van der Waals surface area contributed by atoms with Crippen LogP contribution in [-0.2, 0) is 9.59 Å². The number of carboxylic acid groups (broad SMARTS) is 1. The number of carboxylic acids is 1. The second-order valence-electron chi connectivity index (χ2n) is 5.34. The van der Waals surface area contributed by atoms with Crippen LogP contribution < -0.4 is 10.6 Å². The van der Waals surface area contributed by atoms with E-state index in [1.165, 1.54) is 19.3 Å². The summed E-state index contributed by atoms with van der Waals surface area (Å²) in [7, 11) is 0. The third-order valence-corrected chi connectivity index (χ3v) is 3.39. The number of hydrogen-bond donors (Lipinski definition) is 3. The first-order valence-corrected chi connectivity index (χ1v) is 6.76. The summed E-state index contributed by atoms with van der Waals surface area (Å²) in [6, 6.07) is -0.391. The van der Waals surface area contributed by atoms with E-state index in [1.54, 1.807) is 0 Å². The minimum atomic E-state index is -0.907. The first-order valence-electron chi connectivity index (χ1n) is 6.76. The van der Waals surface area contributed by atoms with Crippen molar-refractivity contribution in [2.75, 3.05) is 6.54 Å². The average Bonchev–Trinajstić information content (AvgIpc) is 2.29. The Hall–Kier alpha value is -1.10. The fraction of sp³-hybridized carbons (Fsp3) is 0.846. The highest BCUT2D eigenvalue weighted by molar-refractivity contribution is 5.80. The summed E-state index contributed by atoms with van der Waals surface area (Å²) in [4.78, 5) is 22.6. The van der Waals surface area contributed by atoms with E-state index in [0.29, 0.717) is 0 Å². The predicted octanol–water partition coefficient (Wildman–Crippen LogP) is 1.13. The molecule has 1 amide bonds. The van der Waals surface area contributed by atoms with Gasteiger partial charge in [-0.3, -0.25) is 14.9 Å². The summed E-state index contributed by atoms with van der Waals surface area (Å²) >= 11 is 0. The van der Waals surface area contributed by atoms with Gasteiger partial charge in [-0.2, -0.15) is 0 Å². The van der Waals surface area contributed by atoms with Crippen LogP contribution >= 0.6 is 0 Å². The van der Waals surface area contributed by atoms with Gasteiger partial charge in [0, 0.05) is 6.04 Å². The molecule has 0 heterocycles. The van der Waals surface area contributed by atoms with E-state index in [-0.39, 0.29) is 24.4 Å². The van der Waals surface area contributed by atoms with Crippen molar-refractivity contribution in [2.45, 2.75) is 58.0 Å². The largest absolute Gasteiger partial charge is 0.480 e. The number of carbonyl (C=O) groups excluding carboxylic acids is 1. The van der Waals surface area contributed by atoms with Gasteiger partial charge in [0.2, 0.25) is 5.91 Å². The van der Waals surface area contributed by atoms with E-state index in [4.69, 9.17) is 5.11 Å². The molecule has 3 N–H and O–H groups in total. The van der Waals surface area contributed by atoms with Crippen LogP contribution in [0.25, 0.3) is 0 Å². The SMILES string of the molecule is CC(C)C(NCC(=O)NC1CCCCC1)C(=O)O. The molecule has 1 rings (SSSR count). The van der Waals surface area contributed by atoms with Crippen molar-refractivity contribution in [1.82, 2.24) is 10.6 Å². The number of carbonyl (C=O) groups is 2. The summed E-state index contributed by atoms with van der Waals surface area (Å²) in [6.07, 6.45) is 5.67. The summed E-state index contributed by atoms with van der Waals surface area (Å²) in [5, 5.41) is 14.7. The monoisotopic (exact) mass is 256 g/mol. The lowest BCUT2D eigenvalue weighted by Gasteiger charge is -2.23. The number of amides is 1. The lowest BCUT2D eigenvalue weighted by atomic mass is 9.95. The summed E-state index contributed by atoms with van der Waals surface area (Å²) in [6.45, 7) is 3.72. The Kier molecular flexibility index (Phi) is 6.12. The van der Waals surface area contributed by atoms with Crippen molar-refractivity contribution in [2.24, 2.45) is 5.92 Å². The summed E-state index contributed by atoms with van der Waals surface area (Å²) < 4.78 is 0. The van der Waals surface area contributed by atoms with Gasteiger partial charge >= 0.3 is 5.97 Å². The van der Waals surface area contributed by atoms with E-state index >= 15 is 0 Å². The molecule has 1 unspecified atom stereocenters. The van der Waals surface area contributed by atoms with Crippen LogP contribution in [0.4, 0.5) is 0 Å². The Balaban J connectivity index is 2.28. The maximum Gasteiger partial charge on any atom is 0.320 e. The number of aliphatic carboxylic acids is 1. The van der Waals surface area contributed by atoms with Crippen molar-refractivity contribution in [1.29, 1.82) is 0 Å². The topological polar surface area (TPSA) is 78.4 Å². The molecule has 1 atom stereocenters. The Labute approximate surface area is 108 Å². The minimum Gasteiger partial charge on any atom is -0.480 e. The van der Waals surface area contributed by atoms with Gasteiger partial charge in [-0.25, -0.2) is 0 Å². The highest BCUT2D eigenvalue weighted by Gasteiger charge is 2.22. The Morgan fingerprint density at radius 1 is 1.22 bits per heavy atom. The van der Waals surface area contributed by atoms with Crippen LogP contribution in [-0.4, -0.2) is 35.6 Å². The van der Waals surface area contributed by atoms with E-state index in [9.17, 15) is 9.59 Å². The van der Waals surface area contributed by atoms with Crippen LogP contribution in [0, 0.1) is 5.92 Å². The van der Waals surface area contributed by atoms with Gasteiger partial charge in [0.25, 0.3) is 0 Å². The molecule has 0 spiro atoms. The molecular weight excluding hydrogens is 232 g/mol. The van der Waals surface area contributed by atoms with Gasteiger partial charge < -0.3 is 10.4 Å². The van der Waals surface area contributed by atoms with Gasteiger partial charge in [-0.1, -0.05) is 33.1 Å². The quantitative estimate of drug-likeness (QED) is 0.666. The molecule has 1 aliphatic carbocycles. The molecule has 1 aliphatic rings. The molecule has 1 fully saturated rings. The fourth-order valence-corrected chi connectivity index (χ4v) is 2.34. The van der Waals surface area contributed by atoms with E-state index in [1.807, 2.05) is 13.8 Å². The first-order chi connectivity index (χ1) is 8.50. The molecule has 104 valence electrons. The van der Waals surface area contributed by atoms with Gasteiger partial charge in [0.1, 0.15) is 6.04 Å². The fourth-order valence-electron chi connectivity index (χ4n) is 2.34. The molecule has 0 aromatic carbocycles. The first kappa shape index (κ1) is 15.0. The van der Waals surface area contributed by atoms with Gasteiger partial charge in [0.05, 0.1) is 6.54 Å².